The number of aliphatic hydroxyl groups excluding tert-OH is 1. The zero-order valence-electron chi connectivity index (χ0n) is 31.3. The lowest BCUT2D eigenvalue weighted by molar-refractivity contribution is 0.0200. The summed E-state index contributed by atoms with van der Waals surface area (Å²) in [6.07, 6.45) is 0.627. The van der Waals surface area contributed by atoms with Crippen LogP contribution >= 0.6 is 7.49 Å². The third-order valence-corrected chi connectivity index (χ3v) is 18.5. The van der Waals surface area contributed by atoms with Gasteiger partial charge >= 0.3 is 5.97 Å². The van der Waals surface area contributed by atoms with E-state index in [1.807, 2.05) is 36.4 Å². The summed E-state index contributed by atoms with van der Waals surface area (Å²) in [5.41, 5.74) is 0.530. The number of ether oxygens (including phenoxy) is 1. The van der Waals surface area contributed by atoms with Gasteiger partial charge in [0.05, 0.1) is 18.3 Å². The van der Waals surface area contributed by atoms with Crippen LogP contribution in [0.3, 0.4) is 0 Å². The first kappa shape index (κ1) is 39.7. The molecule has 0 aliphatic carbocycles. The molecule has 0 saturated heterocycles. The summed E-state index contributed by atoms with van der Waals surface area (Å²) in [6.45, 7) is 18.3. The summed E-state index contributed by atoms with van der Waals surface area (Å²) in [5, 5.41) is 15.0. The fourth-order valence-corrected chi connectivity index (χ4v) is 10.8. The van der Waals surface area contributed by atoms with Crippen molar-refractivity contribution in [3.8, 4) is 0 Å². The topological polar surface area (TPSA) is 65.0 Å². The van der Waals surface area contributed by atoms with Gasteiger partial charge in [0.15, 0.2) is 8.32 Å². The van der Waals surface area contributed by atoms with E-state index in [0.717, 1.165) is 22.3 Å². The summed E-state index contributed by atoms with van der Waals surface area (Å²) >= 11 is 0. The molecular formula is C43H58O5PSi+. The summed E-state index contributed by atoms with van der Waals surface area (Å²) in [7, 11) is -4.57. The molecule has 50 heavy (non-hydrogen) atoms. The minimum atomic E-state index is -2.64. The summed E-state index contributed by atoms with van der Waals surface area (Å²) in [5.74, 6) is -0.462. The Kier molecular flexibility index (Phi) is 14.2. The molecule has 5 nitrogen and oxygen atoms in total. The molecule has 0 fully saturated rings. The average molecular weight is 714 g/mol. The van der Waals surface area contributed by atoms with Crippen molar-refractivity contribution < 1.29 is 23.6 Å². The van der Waals surface area contributed by atoms with E-state index >= 15 is 0 Å². The van der Waals surface area contributed by atoms with E-state index in [2.05, 4.69) is 127 Å². The van der Waals surface area contributed by atoms with E-state index in [4.69, 9.17) is 13.7 Å². The van der Waals surface area contributed by atoms with Crippen LogP contribution in [0.2, 0.25) is 18.1 Å². The smallest absolute Gasteiger partial charge is 0.338 e. The van der Waals surface area contributed by atoms with Crippen molar-refractivity contribution in [2.45, 2.75) is 84.7 Å². The second kappa shape index (κ2) is 17.9. The van der Waals surface area contributed by atoms with Crippen molar-refractivity contribution in [1.29, 1.82) is 0 Å². The summed E-state index contributed by atoms with van der Waals surface area (Å²) < 4.78 is 20.1. The Bertz CT molecular complexity index is 1480. The van der Waals surface area contributed by atoms with Crippen molar-refractivity contribution in [2.24, 2.45) is 17.8 Å². The number of carbonyl (C=O) groups excluding carboxylic acids is 1. The van der Waals surface area contributed by atoms with E-state index in [9.17, 15) is 9.90 Å². The SMILES string of the molecule is C[C@H](COC(=O)c1ccccc1)[C@@H](CC[C@H](C)[C@H](O)[C@@H](C)CO[Si](C)(C)C(C)(C)C)O[P+](c1ccccc1)(c1ccccc1)c1ccccc1. The second-order valence-corrected chi connectivity index (χ2v) is 23.1. The van der Waals surface area contributed by atoms with Crippen molar-refractivity contribution in [3.05, 3.63) is 127 Å². The minimum Gasteiger partial charge on any atom is -0.462 e. The largest absolute Gasteiger partial charge is 0.462 e. The van der Waals surface area contributed by atoms with Gasteiger partial charge in [-0.3, -0.25) is 0 Å². The predicted molar refractivity (Wildman–Crippen MR) is 213 cm³/mol. The molecule has 5 atom stereocenters. The third kappa shape index (κ3) is 10.0. The molecule has 0 aliphatic heterocycles. The molecule has 0 spiro atoms. The Morgan fingerprint density at radius 3 is 1.54 bits per heavy atom. The number of hydrogen-bond donors (Lipinski definition) is 1. The van der Waals surface area contributed by atoms with E-state index < -0.39 is 21.9 Å². The lowest BCUT2D eigenvalue weighted by atomic mass is 9.88. The first-order valence-corrected chi connectivity index (χ1v) is 22.7. The molecule has 7 heteroatoms. The van der Waals surface area contributed by atoms with Gasteiger partial charge in [-0.15, -0.1) is 0 Å². The van der Waals surface area contributed by atoms with Gasteiger partial charge in [0.2, 0.25) is 7.49 Å². The molecule has 0 amide bonds. The fraction of sp³-hybridized carbons (Fsp3) is 0.419. The van der Waals surface area contributed by atoms with E-state index in [0.29, 0.717) is 18.6 Å². The van der Waals surface area contributed by atoms with E-state index in [-0.39, 0.29) is 41.5 Å². The number of esters is 1. The van der Waals surface area contributed by atoms with Gasteiger partial charge in [-0.25, -0.2) is 9.32 Å². The Balaban J connectivity index is 1.65. The molecule has 4 aromatic rings. The van der Waals surface area contributed by atoms with Crippen molar-refractivity contribution in [2.75, 3.05) is 13.2 Å². The van der Waals surface area contributed by atoms with Crippen LogP contribution in [0.1, 0.15) is 64.7 Å². The maximum atomic E-state index is 13.0. The summed E-state index contributed by atoms with van der Waals surface area (Å²) in [6, 6.07) is 40.7. The van der Waals surface area contributed by atoms with Crippen LogP contribution in [0.15, 0.2) is 121 Å². The highest BCUT2D eigenvalue weighted by atomic mass is 31.2. The minimum absolute atomic E-state index is 0.00714. The van der Waals surface area contributed by atoms with Crippen molar-refractivity contribution in [3.63, 3.8) is 0 Å². The zero-order valence-corrected chi connectivity index (χ0v) is 33.2. The van der Waals surface area contributed by atoms with Crippen LogP contribution in [0.25, 0.3) is 0 Å². The highest BCUT2D eigenvalue weighted by Gasteiger charge is 2.50. The standard InChI is InChI=1S/C43H58O5PSi/c1-33(41(44)35(3)32-47-50(7,8)43(4,5)6)29-30-40(34(2)31-46-42(45)36-21-13-9-14-22-36)48-49(37-23-15-10-16-24-37,38-25-17-11-18-26-38)39-27-19-12-20-28-39/h9-28,33-35,40-41,44H,29-32H2,1-8H3/q+1/t33-,34+,35-,40+,41-/m0/s1. The Morgan fingerprint density at radius 1 is 0.660 bits per heavy atom. The van der Waals surface area contributed by atoms with Gasteiger partial charge in [-0.2, -0.15) is 0 Å². The molecular weight excluding hydrogens is 656 g/mol. The van der Waals surface area contributed by atoms with Crippen molar-refractivity contribution in [1.82, 2.24) is 0 Å². The number of aliphatic hydroxyl groups is 1. The number of rotatable bonds is 17. The first-order chi connectivity index (χ1) is 23.8. The van der Waals surface area contributed by atoms with Gasteiger partial charge in [0.25, 0.3) is 0 Å². The van der Waals surface area contributed by atoms with Gasteiger partial charge in [-0.05, 0) is 85.4 Å². The molecule has 0 saturated carbocycles. The lowest BCUT2D eigenvalue weighted by Crippen LogP contribution is -2.43. The normalized spacial score (nSPS) is 15.5. The summed E-state index contributed by atoms with van der Waals surface area (Å²) in [4.78, 5) is 13.0. The fourth-order valence-electron chi connectivity index (χ4n) is 5.97. The van der Waals surface area contributed by atoms with Gasteiger partial charge in [0, 0.05) is 18.4 Å². The van der Waals surface area contributed by atoms with Gasteiger partial charge in [0.1, 0.15) is 22.0 Å². The Hall–Kier alpha value is -3.12. The maximum absolute atomic E-state index is 13.0. The van der Waals surface area contributed by atoms with Crippen LogP contribution in [-0.4, -0.2) is 44.8 Å². The Labute approximate surface area is 303 Å². The molecule has 0 bridgehead atoms. The quantitative estimate of drug-likeness (QED) is 0.0672. The number of benzene rings is 4. The molecule has 0 unspecified atom stereocenters. The molecule has 4 rings (SSSR count). The molecule has 0 heterocycles. The van der Waals surface area contributed by atoms with E-state index in [1.165, 1.54) is 0 Å². The average Bonchev–Trinajstić information content (AvgIpc) is 3.13. The van der Waals surface area contributed by atoms with Crippen LogP contribution in [0.4, 0.5) is 0 Å². The molecule has 4 aromatic carbocycles. The van der Waals surface area contributed by atoms with E-state index in [1.54, 1.807) is 12.1 Å². The highest BCUT2D eigenvalue weighted by molar-refractivity contribution is 7.91. The molecule has 0 radical (unpaired) electrons. The molecule has 268 valence electrons. The molecule has 0 aromatic heterocycles. The third-order valence-electron chi connectivity index (χ3n) is 10.4. The predicted octanol–water partition coefficient (Wildman–Crippen LogP) is 9.21. The number of hydrogen-bond acceptors (Lipinski definition) is 5. The van der Waals surface area contributed by atoms with Gasteiger partial charge in [-0.1, -0.05) is 114 Å². The lowest BCUT2D eigenvalue weighted by Gasteiger charge is -2.38. The highest BCUT2D eigenvalue weighted by Crippen LogP contribution is 2.58. The second-order valence-electron chi connectivity index (χ2n) is 15.3. The van der Waals surface area contributed by atoms with Gasteiger partial charge < -0.3 is 14.3 Å². The van der Waals surface area contributed by atoms with Crippen LogP contribution in [0, 0.1) is 17.8 Å². The first-order valence-electron chi connectivity index (χ1n) is 18.0. The van der Waals surface area contributed by atoms with Crippen LogP contribution in [0.5, 0.6) is 0 Å². The molecule has 0 aliphatic rings. The van der Waals surface area contributed by atoms with Crippen molar-refractivity contribution >= 4 is 37.7 Å². The number of carbonyl (C=O) groups is 1. The monoisotopic (exact) mass is 713 g/mol. The maximum Gasteiger partial charge on any atom is 0.338 e. The van der Waals surface area contributed by atoms with Crippen LogP contribution in [-0.2, 0) is 13.7 Å². The zero-order chi connectivity index (χ0) is 36.4. The Morgan fingerprint density at radius 2 is 1.10 bits per heavy atom. The van der Waals surface area contributed by atoms with Crippen LogP contribution < -0.4 is 15.9 Å². The molecule has 1 N–H and O–H groups in total.